The molecule has 1 N–H and O–H groups in total. The first-order chi connectivity index (χ1) is 10.1. The molecule has 0 aliphatic carbocycles. The molecular formula is C14H18N4O3. The molecule has 2 aromatic rings. The molecule has 1 unspecified atom stereocenters. The fourth-order valence-corrected chi connectivity index (χ4v) is 1.99. The average Bonchev–Trinajstić information content (AvgIpc) is 2.92. The van der Waals surface area contributed by atoms with Crippen LogP contribution in [0.2, 0.25) is 0 Å². The van der Waals surface area contributed by atoms with Crippen LogP contribution in [-0.4, -0.2) is 28.4 Å². The number of hydrogen-bond donors (Lipinski definition) is 1. The van der Waals surface area contributed by atoms with E-state index in [0.717, 1.165) is 11.3 Å². The number of anilines is 1. The zero-order chi connectivity index (χ0) is 15.2. The van der Waals surface area contributed by atoms with E-state index in [9.17, 15) is 10.1 Å². The van der Waals surface area contributed by atoms with Gasteiger partial charge in [0.2, 0.25) is 0 Å². The number of nitro benzene ring substituents is 1. The van der Waals surface area contributed by atoms with Crippen LogP contribution in [0.4, 0.5) is 11.4 Å². The smallest absolute Gasteiger partial charge is 0.269 e. The van der Waals surface area contributed by atoms with Crippen molar-refractivity contribution >= 4 is 11.4 Å². The Morgan fingerprint density at radius 3 is 3.05 bits per heavy atom. The van der Waals surface area contributed by atoms with Crippen LogP contribution in [0.3, 0.4) is 0 Å². The molecule has 1 aromatic carbocycles. The van der Waals surface area contributed by atoms with Crippen molar-refractivity contribution in [1.29, 1.82) is 0 Å². The number of methoxy groups -OCH3 is 1. The van der Waals surface area contributed by atoms with Gasteiger partial charge in [-0.05, 0) is 12.5 Å². The summed E-state index contributed by atoms with van der Waals surface area (Å²) in [6.07, 6.45) is 3.61. The molecule has 1 aromatic heterocycles. The quantitative estimate of drug-likeness (QED) is 0.626. The van der Waals surface area contributed by atoms with Crippen molar-refractivity contribution in [3.05, 3.63) is 52.3 Å². The molecule has 0 aliphatic heterocycles. The summed E-state index contributed by atoms with van der Waals surface area (Å²) in [4.78, 5) is 10.4. The third-order valence-corrected chi connectivity index (χ3v) is 3.12. The molecule has 21 heavy (non-hydrogen) atoms. The molecule has 0 fully saturated rings. The summed E-state index contributed by atoms with van der Waals surface area (Å²) in [5.41, 5.74) is 1.82. The van der Waals surface area contributed by atoms with Crippen molar-refractivity contribution in [1.82, 2.24) is 9.78 Å². The van der Waals surface area contributed by atoms with Crippen molar-refractivity contribution in [2.45, 2.75) is 19.5 Å². The van der Waals surface area contributed by atoms with Crippen LogP contribution in [0.5, 0.6) is 0 Å². The lowest BCUT2D eigenvalue weighted by Gasteiger charge is -2.13. The lowest BCUT2D eigenvalue weighted by molar-refractivity contribution is -0.384. The molecule has 2 rings (SSSR count). The molecular weight excluding hydrogens is 272 g/mol. The predicted octanol–water partition coefficient (Wildman–Crippen LogP) is 2.61. The van der Waals surface area contributed by atoms with E-state index >= 15 is 0 Å². The Morgan fingerprint density at radius 1 is 1.52 bits per heavy atom. The minimum absolute atomic E-state index is 0.0509. The van der Waals surface area contributed by atoms with Gasteiger partial charge in [0.1, 0.15) is 0 Å². The second kappa shape index (κ2) is 6.85. The largest absolute Gasteiger partial charge is 0.383 e. The number of ether oxygens (including phenoxy) is 1. The normalized spacial score (nSPS) is 12.1. The van der Waals surface area contributed by atoms with E-state index in [1.807, 2.05) is 19.2 Å². The minimum Gasteiger partial charge on any atom is -0.383 e. The van der Waals surface area contributed by atoms with Crippen LogP contribution in [0.15, 0.2) is 36.7 Å². The van der Waals surface area contributed by atoms with E-state index in [-0.39, 0.29) is 16.7 Å². The molecule has 1 heterocycles. The van der Waals surface area contributed by atoms with Crippen molar-refractivity contribution in [2.75, 3.05) is 19.0 Å². The summed E-state index contributed by atoms with van der Waals surface area (Å²) in [7, 11) is 1.65. The highest BCUT2D eigenvalue weighted by atomic mass is 16.6. The molecule has 7 heteroatoms. The van der Waals surface area contributed by atoms with Crippen LogP contribution >= 0.6 is 0 Å². The Labute approximate surface area is 122 Å². The second-order valence-corrected chi connectivity index (χ2v) is 4.70. The zero-order valence-electron chi connectivity index (χ0n) is 12.0. The first-order valence-corrected chi connectivity index (χ1v) is 6.62. The van der Waals surface area contributed by atoms with Gasteiger partial charge in [-0.2, -0.15) is 5.10 Å². The van der Waals surface area contributed by atoms with Crippen LogP contribution in [0.1, 0.15) is 18.5 Å². The third-order valence-electron chi connectivity index (χ3n) is 3.12. The Bertz CT molecular complexity index is 612. The second-order valence-electron chi connectivity index (χ2n) is 4.70. The minimum atomic E-state index is -0.390. The molecule has 0 bridgehead atoms. The number of non-ortho nitro benzene ring substituents is 1. The number of hydrogen-bond acceptors (Lipinski definition) is 5. The molecule has 7 nitrogen and oxygen atoms in total. The number of nitrogens with zero attached hydrogens (tertiary/aromatic N) is 3. The highest BCUT2D eigenvalue weighted by Crippen LogP contribution is 2.22. The lowest BCUT2D eigenvalue weighted by atomic mass is 10.1. The maximum absolute atomic E-state index is 10.8. The Kier molecular flexibility index (Phi) is 4.89. The van der Waals surface area contributed by atoms with Crippen LogP contribution in [-0.2, 0) is 11.3 Å². The summed E-state index contributed by atoms with van der Waals surface area (Å²) < 4.78 is 6.78. The molecule has 112 valence electrons. The number of aromatic nitrogens is 2. The Morgan fingerprint density at radius 2 is 2.33 bits per heavy atom. The van der Waals surface area contributed by atoms with Crippen molar-refractivity contribution in [3.63, 3.8) is 0 Å². The van der Waals surface area contributed by atoms with Gasteiger partial charge in [0.05, 0.1) is 30.0 Å². The van der Waals surface area contributed by atoms with Crippen molar-refractivity contribution in [2.24, 2.45) is 0 Å². The van der Waals surface area contributed by atoms with Gasteiger partial charge >= 0.3 is 0 Å². The monoisotopic (exact) mass is 290 g/mol. The van der Waals surface area contributed by atoms with E-state index < -0.39 is 0 Å². The van der Waals surface area contributed by atoms with E-state index in [1.165, 1.54) is 6.07 Å². The highest BCUT2D eigenvalue weighted by molar-refractivity contribution is 5.43. The first kappa shape index (κ1) is 15.0. The van der Waals surface area contributed by atoms with Crippen molar-refractivity contribution < 1.29 is 9.66 Å². The van der Waals surface area contributed by atoms with Crippen LogP contribution in [0.25, 0.3) is 0 Å². The Hall–Kier alpha value is -2.41. The van der Waals surface area contributed by atoms with Crippen LogP contribution < -0.4 is 5.32 Å². The van der Waals surface area contributed by atoms with E-state index in [0.29, 0.717) is 13.2 Å². The third kappa shape index (κ3) is 4.03. The van der Waals surface area contributed by atoms with Crippen molar-refractivity contribution in [3.8, 4) is 0 Å². The number of nitro groups is 1. The number of benzene rings is 1. The maximum atomic E-state index is 10.8. The number of rotatable bonds is 7. The molecule has 0 amide bonds. The first-order valence-electron chi connectivity index (χ1n) is 6.62. The Balaban J connectivity index is 2.03. The fourth-order valence-electron chi connectivity index (χ4n) is 1.99. The van der Waals surface area contributed by atoms with Gasteiger partial charge in [-0.15, -0.1) is 0 Å². The standard InChI is InChI=1S/C14H18N4O3/c1-11(12-4-3-5-14(8-12)18(19)20)16-13-9-15-17(10-13)6-7-21-2/h3-5,8-11,16H,6-7H2,1-2H3. The van der Waals surface area contributed by atoms with E-state index in [1.54, 1.807) is 30.1 Å². The average molecular weight is 290 g/mol. The van der Waals surface area contributed by atoms with Gasteiger partial charge in [-0.25, -0.2) is 0 Å². The predicted molar refractivity (Wildman–Crippen MR) is 79.2 cm³/mol. The molecule has 1 atom stereocenters. The lowest BCUT2D eigenvalue weighted by Crippen LogP contribution is -2.07. The number of nitrogens with one attached hydrogen (secondary N) is 1. The summed E-state index contributed by atoms with van der Waals surface area (Å²) in [5, 5.41) is 18.3. The van der Waals surface area contributed by atoms with Gasteiger partial charge < -0.3 is 10.1 Å². The summed E-state index contributed by atoms with van der Waals surface area (Å²) >= 11 is 0. The van der Waals surface area contributed by atoms with Gasteiger partial charge in [0.25, 0.3) is 5.69 Å². The summed E-state index contributed by atoms with van der Waals surface area (Å²) in [5.74, 6) is 0. The van der Waals surface area contributed by atoms with Gasteiger partial charge in [-0.1, -0.05) is 12.1 Å². The van der Waals surface area contributed by atoms with E-state index in [2.05, 4.69) is 10.4 Å². The summed E-state index contributed by atoms with van der Waals surface area (Å²) in [6, 6.07) is 6.56. The van der Waals surface area contributed by atoms with Crippen LogP contribution in [0, 0.1) is 10.1 Å². The molecule has 0 aliphatic rings. The van der Waals surface area contributed by atoms with Gasteiger partial charge in [0, 0.05) is 31.5 Å². The molecule has 0 spiro atoms. The zero-order valence-corrected chi connectivity index (χ0v) is 12.0. The molecule has 0 radical (unpaired) electrons. The maximum Gasteiger partial charge on any atom is 0.269 e. The van der Waals surface area contributed by atoms with E-state index in [4.69, 9.17) is 4.74 Å². The fraction of sp³-hybridized carbons (Fsp3) is 0.357. The SMILES string of the molecule is COCCn1cc(NC(C)c2cccc([N+](=O)[O-])c2)cn1. The van der Waals surface area contributed by atoms with Gasteiger partial charge in [0.15, 0.2) is 0 Å². The molecule has 0 saturated heterocycles. The summed E-state index contributed by atoms with van der Waals surface area (Å²) in [6.45, 7) is 3.23. The van der Waals surface area contributed by atoms with Gasteiger partial charge in [-0.3, -0.25) is 14.8 Å². The molecule has 0 saturated carbocycles. The topological polar surface area (TPSA) is 82.2 Å². The highest BCUT2D eigenvalue weighted by Gasteiger charge is 2.11.